The van der Waals surface area contributed by atoms with Gasteiger partial charge in [-0.3, -0.25) is 9.69 Å². The summed E-state index contributed by atoms with van der Waals surface area (Å²) in [6.45, 7) is 6.20. The summed E-state index contributed by atoms with van der Waals surface area (Å²) in [6, 6.07) is 4.08. The van der Waals surface area contributed by atoms with E-state index < -0.39 is 5.60 Å². The molecule has 3 aromatic rings. The third kappa shape index (κ3) is 4.73. The Bertz CT molecular complexity index is 1400. The first-order valence-electron chi connectivity index (χ1n) is 12.0. The Hall–Kier alpha value is -3.30. The summed E-state index contributed by atoms with van der Waals surface area (Å²) in [6.07, 6.45) is 5.31. The maximum Gasteiger partial charge on any atom is 0.251 e. The number of nitrogens with one attached hydrogen (secondary N) is 2. The molecule has 36 heavy (non-hydrogen) atoms. The Labute approximate surface area is 214 Å². The van der Waals surface area contributed by atoms with Crippen molar-refractivity contribution in [1.82, 2.24) is 20.2 Å². The molecule has 0 unspecified atom stereocenters. The lowest BCUT2D eigenvalue weighted by Gasteiger charge is -2.27. The fourth-order valence-electron chi connectivity index (χ4n) is 4.61. The van der Waals surface area contributed by atoms with Crippen molar-refractivity contribution in [2.45, 2.75) is 38.8 Å². The molecule has 0 spiro atoms. The fourth-order valence-corrected chi connectivity index (χ4v) is 5.84. The van der Waals surface area contributed by atoms with Crippen LogP contribution in [0.2, 0.25) is 0 Å². The van der Waals surface area contributed by atoms with Gasteiger partial charge in [0, 0.05) is 31.1 Å². The molecule has 4 heterocycles. The quantitative estimate of drug-likeness (QED) is 0.318. The molecule has 0 fully saturated rings. The Morgan fingerprint density at radius 3 is 2.97 bits per heavy atom. The van der Waals surface area contributed by atoms with E-state index in [4.69, 9.17) is 4.74 Å². The van der Waals surface area contributed by atoms with Crippen molar-refractivity contribution in [2.75, 3.05) is 39.1 Å². The zero-order valence-corrected chi connectivity index (χ0v) is 21.8. The maximum atomic E-state index is 11.8. The first kappa shape index (κ1) is 24.4. The summed E-state index contributed by atoms with van der Waals surface area (Å²) in [4.78, 5) is 25.7. The number of nitrogens with zero attached hydrogens (tertiary/aromatic N) is 4. The minimum absolute atomic E-state index is 0.340. The van der Waals surface area contributed by atoms with E-state index in [1.165, 1.54) is 24.3 Å². The average Bonchev–Trinajstić information content (AvgIpc) is 3.40. The van der Waals surface area contributed by atoms with Gasteiger partial charge in [0.2, 0.25) is 5.69 Å². The molecular formula is C26H31N6O3S+. The van der Waals surface area contributed by atoms with Crippen LogP contribution in [0.1, 0.15) is 36.3 Å². The molecule has 2 aliphatic heterocycles. The van der Waals surface area contributed by atoms with Gasteiger partial charge in [0.15, 0.2) is 5.87 Å². The Balaban J connectivity index is 1.32. The van der Waals surface area contributed by atoms with Gasteiger partial charge in [0.25, 0.3) is 5.91 Å². The molecule has 0 saturated carbocycles. The van der Waals surface area contributed by atoms with Gasteiger partial charge in [-0.25, -0.2) is 9.97 Å². The van der Waals surface area contributed by atoms with E-state index in [0.717, 1.165) is 71.2 Å². The number of hydrogen-bond donors (Lipinski definition) is 3. The van der Waals surface area contributed by atoms with Gasteiger partial charge in [0.05, 0.1) is 35.9 Å². The van der Waals surface area contributed by atoms with Crippen molar-refractivity contribution in [3.05, 3.63) is 34.5 Å². The summed E-state index contributed by atoms with van der Waals surface area (Å²) < 4.78 is 7.62. The highest BCUT2D eigenvalue weighted by Gasteiger charge is 2.26. The van der Waals surface area contributed by atoms with Gasteiger partial charge in [-0.15, -0.1) is 11.3 Å². The van der Waals surface area contributed by atoms with Crippen LogP contribution in [-0.4, -0.2) is 75.7 Å². The van der Waals surface area contributed by atoms with Gasteiger partial charge >= 0.3 is 0 Å². The van der Waals surface area contributed by atoms with Gasteiger partial charge in [-0.1, -0.05) is 0 Å². The molecule has 188 valence electrons. The SMILES string of the molecule is COc1cc2c(cc1Nc1ncnc3sc4c(c13)CCN(CCCNC(=O)C(C)(C)O)C4)C=C=[N+]2C. The molecular weight excluding hydrogens is 476 g/mol. The van der Waals surface area contributed by atoms with Crippen molar-refractivity contribution in [3.8, 4) is 5.75 Å². The van der Waals surface area contributed by atoms with E-state index in [1.807, 2.05) is 23.8 Å². The molecule has 0 saturated heterocycles. The summed E-state index contributed by atoms with van der Waals surface area (Å²) in [5.74, 6) is 4.39. The highest BCUT2D eigenvalue weighted by Crippen LogP contribution is 2.40. The number of amides is 1. The number of methoxy groups -OCH3 is 1. The number of aliphatic hydroxyl groups is 1. The number of carbonyl (C=O) groups is 1. The molecule has 0 aliphatic carbocycles. The van der Waals surface area contributed by atoms with E-state index >= 15 is 0 Å². The summed E-state index contributed by atoms with van der Waals surface area (Å²) in [7, 11) is 3.64. The van der Waals surface area contributed by atoms with Gasteiger partial charge in [0.1, 0.15) is 35.4 Å². The largest absolute Gasteiger partial charge is 0.494 e. The van der Waals surface area contributed by atoms with Crippen molar-refractivity contribution in [2.24, 2.45) is 0 Å². The normalized spacial score (nSPS) is 15.0. The second kappa shape index (κ2) is 9.63. The number of benzene rings is 1. The first-order valence-corrected chi connectivity index (χ1v) is 12.9. The zero-order valence-electron chi connectivity index (χ0n) is 21.0. The lowest BCUT2D eigenvalue weighted by Crippen LogP contribution is -2.43. The van der Waals surface area contributed by atoms with Crippen LogP contribution in [0.3, 0.4) is 0 Å². The third-order valence-corrected chi connectivity index (χ3v) is 7.71. The lowest BCUT2D eigenvalue weighted by molar-refractivity contribution is -0.394. The topological polar surface area (TPSA) is 103 Å². The Morgan fingerprint density at radius 2 is 2.19 bits per heavy atom. The number of hydrogen-bond acceptors (Lipinski definition) is 8. The number of fused-ring (bicyclic) bond motifs is 4. The Kier molecular flexibility index (Phi) is 6.53. The predicted octanol–water partition coefficient (Wildman–Crippen LogP) is 3.05. The number of carbonyl (C=O) groups excluding carboxylic acids is 1. The maximum absolute atomic E-state index is 11.8. The molecule has 0 radical (unpaired) electrons. The van der Waals surface area contributed by atoms with Crippen LogP contribution < -0.4 is 15.4 Å². The molecule has 2 aliphatic rings. The third-order valence-electron chi connectivity index (χ3n) is 6.59. The monoisotopic (exact) mass is 507 g/mol. The molecule has 1 amide bonds. The molecule has 3 N–H and O–H groups in total. The van der Waals surface area contributed by atoms with E-state index in [1.54, 1.807) is 24.8 Å². The molecule has 5 rings (SSSR count). The van der Waals surface area contributed by atoms with Crippen LogP contribution in [0.25, 0.3) is 16.3 Å². The molecule has 1 aromatic carbocycles. The minimum atomic E-state index is -1.35. The van der Waals surface area contributed by atoms with Crippen LogP contribution >= 0.6 is 11.3 Å². The summed E-state index contributed by atoms with van der Waals surface area (Å²) in [5.41, 5.74) is 2.94. The lowest BCUT2D eigenvalue weighted by atomic mass is 10.0. The smallest absolute Gasteiger partial charge is 0.251 e. The van der Waals surface area contributed by atoms with Crippen molar-refractivity contribution < 1.29 is 19.2 Å². The standard InChI is InChI=1S/C26H30N6O3S/c1-26(2,34)25(33)27-8-5-9-32-11-7-17-21(14-32)36-24-22(17)23(28-15-29-24)30-18-12-16-6-10-31(3)19(16)13-20(18)35-4/h6,12-13,15,34H,5,7-9,11,14H2,1-4H3,(H-,27,28,29,30,33)/p+1. The summed E-state index contributed by atoms with van der Waals surface area (Å²) in [5, 5.41) is 17.2. The number of thiophene rings is 1. The van der Waals surface area contributed by atoms with E-state index in [2.05, 4.69) is 37.4 Å². The van der Waals surface area contributed by atoms with Gasteiger partial charge in [-0.05, 0) is 38.3 Å². The molecule has 2 aromatic heterocycles. The number of aromatic nitrogens is 2. The predicted molar refractivity (Wildman–Crippen MR) is 142 cm³/mol. The van der Waals surface area contributed by atoms with E-state index in [-0.39, 0.29) is 5.91 Å². The second-order valence-corrected chi connectivity index (χ2v) is 10.8. The molecule has 10 heteroatoms. The van der Waals surface area contributed by atoms with Crippen LogP contribution in [0.4, 0.5) is 17.2 Å². The molecule has 0 atom stereocenters. The number of ether oxygens (including phenoxy) is 1. The minimum Gasteiger partial charge on any atom is -0.494 e. The molecule has 9 nitrogen and oxygen atoms in total. The highest BCUT2D eigenvalue weighted by atomic mass is 32.1. The number of rotatable bonds is 8. The van der Waals surface area contributed by atoms with Crippen molar-refractivity contribution >= 4 is 56.6 Å². The van der Waals surface area contributed by atoms with Crippen LogP contribution in [0.15, 0.2) is 18.5 Å². The van der Waals surface area contributed by atoms with Gasteiger partial charge in [-0.2, -0.15) is 4.58 Å². The Morgan fingerprint density at radius 1 is 1.36 bits per heavy atom. The fraction of sp³-hybridized carbons (Fsp3) is 0.423. The van der Waals surface area contributed by atoms with E-state index in [0.29, 0.717) is 6.54 Å². The number of anilines is 2. The second-order valence-electron chi connectivity index (χ2n) is 9.67. The van der Waals surface area contributed by atoms with Crippen LogP contribution in [0.5, 0.6) is 5.75 Å². The molecule has 0 bridgehead atoms. The van der Waals surface area contributed by atoms with Crippen LogP contribution in [-0.2, 0) is 17.8 Å². The average molecular weight is 508 g/mol. The van der Waals surface area contributed by atoms with Crippen molar-refractivity contribution in [1.29, 1.82) is 0 Å². The van der Waals surface area contributed by atoms with Gasteiger partial charge < -0.3 is 20.5 Å². The zero-order chi connectivity index (χ0) is 25.4. The van der Waals surface area contributed by atoms with E-state index in [9.17, 15) is 9.90 Å². The summed E-state index contributed by atoms with van der Waals surface area (Å²) >= 11 is 1.72. The van der Waals surface area contributed by atoms with Crippen LogP contribution in [0, 0.1) is 0 Å². The first-order chi connectivity index (χ1) is 17.2. The van der Waals surface area contributed by atoms with Crippen molar-refractivity contribution in [3.63, 3.8) is 0 Å². The highest BCUT2D eigenvalue weighted by molar-refractivity contribution is 7.19.